The van der Waals surface area contributed by atoms with Crippen molar-refractivity contribution in [2.45, 2.75) is 52.1 Å². The number of hydrogen-bond donors (Lipinski definition) is 1. The lowest BCUT2D eigenvalue weighted by molar-refractivity contribution is 0.153. The zero-order valence-electron chi connectivity index (χ0n) is 12.3. The molecule has 0 bridgehead atoms. The molecular formula is C15H30N2O. The molecule has 0 aromatic rings. The van der Waals surface area contributed by atoms with Crippen LogP contribution in [-0.4, -0.2) is 49.8 Å². The van der Waals surface area contributed by atoms with Crippen LogP contribution < -0.4 is 5.32 Å². The smallest absolute Gasteiger partial charge is 0.0510 e. The standard InChI is InChI=1S/C15H30N2O/c1-4-16-15(13-7-8-18-11-13)10-17(9-12(2)3)14-5-6-14/h12-16H,4-11H2,1-3H3. The van der Waals surface area contributed by atoms with Crippen LogP contribution in [0.1, 0.15) is 40.0 Å². The van der Waals surface area contributed by atoms with Gasteiger partial charge in [-0.15, -0.1) is 0 Å². The largest absolute Gasteiger partial charge is 0.381 e. The van der Waals surface area contributed by atoms with E-state index in [2.05, 4.69) is 31.0 Å². The number of nitrogens with zero attached hydrogens (tertiary/aromatic N) is 1. The molecule has 0 aromatic heterocycles. The lowest BCUT2D eigenvalue weighted by Gasteiger charge is -2.32. The van der Waals surface area contributed by atoms with Crippen LogP contribution >= 0.6 is 0 Å². The van der Waals surface area contributed by atoms with E-state index in [-0.39, 0.29) is 0 Å². The van der Waals surface area contributed by atoms with Gasteiger partial charge in [-0.2, -0.15) is 0 Å². The van der Waals surface area contributed by atoms with E-state index in [1.807, 2.05) is 0 Å². The summed E-state index contributed by atoms with van der Waals surface area (Å²) in [6.07, 6.45) is 4.05. The van der Waals surface area contributed by atoms with E-state index in [4.69, 9.17) is 4.74 Å². The monoisotopic (exact) mass is 254 g/mol. The molecule has 2 rings (SSSR count). The first-order valence-corrected chi connectivity index (χ1v) is 7.75. The van der Waals surface area contributed by atoms with Crippen LogP contribution in [0.5, 0.6) is 0 Å². The Balaban J connectivity index is 1.87. The summed E-state index contributed by atoms with van der Waals surface area (Å²) in [5.41, 5.74) is 0. The highest BCUT2D eigenvalue weighted by Crippen LogP contribution is 2.29. The van der Waals surface area contributed by atoms with Gasteiger partial charge in [-0.05, 0) is 31.7 Å². The van der Waals surface area contributed by atoms with E-state index in [0.29, 0.717) is 6.04 Å². The molecule has 3 nitrogen and oxygen atoms in total. The van der Waals surface area contributed by atoms with Gasteiger partial charge in [0.05, 0.1) is 6.61 Å². The van der Waals surface area contributed by atoms with Crippen LogP contribution in [0.3, 0.4) is 0 Å². The molecule has 106 valence electrons. The minimum absolute atomic E-state index is 0.622. The molecule has 1 heterocycles. The quantitative estimate of drug-likeness (QED) is 0.718. The minimum Gasteiger partial charge on any atom is -0.381 e. The minimum atomic E-state index is 0.622. The van der Waals surface area contributed by atoms with Crippen LogP contribution in [0.25, 0.3) is 0 Å². The van der Waals surface area contributed by atoms with Gasteiger partial charge in [0.1, 0.15) is 0 Å². The highest BCUT2D eigenvalue weighted by molar-refractivity contribution is 4.90. The van der Waals surface area contributed by atoms with Crippen molar-refractivity contribution >= 4 is 0 Å². The third kappa shape index (κ3) is 4.22. The van der Waals surface area contributed by atoms with Crippen LogP contribution in [0, 0.1) is 11.8 Å². The Morgan fingerprint density at radius 2 is 2.00 bits per heavy atom. The molecule has 18 heavy (non-hydrogen) atoms. The Morgan fingerprint density at radius 3 is 2.50 bits per heavy atom. The molecule has 1 saturated carbocycles. The molecule has 1 aliphatic carbocycles. The van der Waals surface area contributed by atoms with E-state index >= 15 is 0 Å². The van der Waals surface area contributed by atoms with E-state index in [1.54, 1.807) is 0 Å². The maximum absolute atomic E-state index is 5.56. The molecular weight excluding hydrogens is 224 g/mol. The van der Waals surface area contributed by atoms with Crippen LogP contribution in [0.15, 0.2) is 0 Å². The summed E-state index contributed by atoms with van der Waals surface area (Å²) in [6.45, 7) is 12.3. The number of rotatable bonds is 8. The summed E-state index contributed by atoms with van der Waals surface area (Å²) in [4.78, 5) is 2.72. The summed E-state index contributed by atoms with van der Waals surface area (Å²) in [5, 5.41) is 3.69. The lowest BCUT2D eigenvalue weighted by Crippen LogP contribution is -2.47. The average molecular weight is 254 g/mol. The molecule has 2 atom stereocenters. The van der Waals surface area contributed by atoms with Crippen molar-refractivity contribution in [1.82, 2.24) is 10.2 Å². The van der Waals surface area contributed by atoms with Crippen molar-refractivity contribution in [3.05, 3.63) is 0 Å². The third-order valence-electron chi connectivity index (χ3n) is 4.09. The molecule has 1 aliphatic heterocycles. The van der Waals surface area contributed by atoms with Crippen molar-refractivity contribution in [2.24, 2.45) is 11.8 Å². The molecule has 2 unspecified atom stereocenters. The Labute approximate surface area is 112 Å². The Morgan fingerprint density at radius 1 is 1.22 bits per heavy atom. The average Bonchev–Trinajstić information content (AvgIpc) is 3.02. The van der Waals surface area contributed by atoms with Gasteiger partial charge in [0.2, 0.25) is 0 Å². The fourth-order valence-corrected chi connectivity index (χ4v) is 3.05. The van der Waals surface area contributed by atoms with Gasteiger partial charge in [0.15, 0.2) is 0 Å². The maximum Gasteiger partial charge on any atom is 0.0510 e. The first-order valence-electron chi connectivity index (χ1n) is 7.75. The van der Waals surface area contributed by atoms with E-state index in [0.717, 1.165) is 37.6 Å². The normalized spacial score (nSPS) is 26.2. The zero-order chi connectivity index (χ0) is 13.0. The predicted octanol–water partition coefficient (Wildman–Crippen LogP) is 2.12. The van der Waals surface area contributed by atoms with Crippen LogP contribution in [0.4, 0.5) is 0 Å². The molecule has 3 heteroatoms. The molecule has 2 aliphatic rings. The molecule has 0 amide bonds. The van der Waals surface area contributed by atoms with Gasteiger partial charge >= 0.3 is 0 Å². The Bertz CT molecular complexity index is 235. The molecule has 0 radical (unpaired) electrons. The first kappa shape index (κ1) is 14.3. The van der Waals surface area contributed by atoms with E-state index < -0.39 is 0 Å². The van der Waals surface area contributed by atoms with Gasteiger partial charge in [0, 0.05) is 37.7 Å². The topological polar surface area (TPSA) is 24.5 Å². The van der Waals surface area contributed by atoms with Crippen molar-refractivity contribution < 1.29 is 4.74 Å². The number of ether oxygens (including phenoxy) is 1. The molecule has 0 aromatic carbocycles. The van der Waals surface area contributed by atoms with Gasteiger partial charge in [0.25, 0.3) is 0 Å². The summed E-state index contributed by atoms with van der Waals surface area (Å²) >= 11 is 0. The Kier molecular flexibility index (Phi) is 5.46. The first-order chi connectivity index (χ1) is 8.70. The highest BCUT2D eigenvalue weighted by Gasteiger charge is 2.33. The van der Waals surface area contributed by atoms with Gasteiger partial charge in [-0.25, -0.2) is 0 Å². The number of hydrogen-bond acceptors (Lipinski definition) is 3. The predicted molar refractivity (Wildman–Crippen MR) is 75.8 cm³/mol. The fraction of sp³-hybridized carbons (Fsp3) is 1.00. The lowest BCUT2D eigenvalue weighted by atomic mass is 9.98. The summed E-state index contributed by atoms with van der Waals surface area (Å²) in [5.74, 6) is 1.49. The molecule has 2 fully saturated rings. The number of likely N-dealkylation sites (N-methyl/N-ethyl adjacent to an activating group) is 1. The van der Waals surface area contributed by atoms with Crippen molar-refractivity contribution in [3.63, 3.8) is 0 Å². The maximum atomic E-state index is 5.56. The summed E-state index contributed by atoms with van der Waals surface area (Å²) in [7, 11) is 0. The second kappa shape index (κ2) is 6.88. The highest BCUT2D eigenvalue weighted by atomic mass is 16.5. The zero-order valence-corrected chi connectivity index (χ0v) is 12.3. The Hall–Kier alpha value is -0.120. The fourth-order valence-electron chi connectivity index (χ4n) is 3.05. The molecule has 0 spiro atoms. The van der Waals surface area contributed by atoms with E-state index in [1.165, 1.54) is 32.4 Å². The molecule has 1 saturated heterocycles. The van der Waals surface area contributed by atoms with Gasteiger partial charge in [-0.1, -0.05) is 20.8 Å². The second-order valence-corrected chi connectivity index (χ2v) is 6.37. The third-order valence-corrected chi connectivity index (χ3v) is 4.09. The van der Waals surface area contributed by atoms with Crippen LogP contribution in [-0.2, 0) is 4.74 Å². The van der Waals surface area contributed by atoms with Crippen molar-refractivity contribution in [2.75, 3.05) is 32.8 Å². The second-order valence-electron chi connectivity index (χ2n) is 6.37. The van der Waals surface area contributed by atoms with Crippen molar-refractivity contribution in [1.29, 1.82) is 0 Å². The van der Waals surface area contributed by atoms with Crippen LogP contribution in [0.2, 0.25) is 0 Å². The molecule has 1 N–H and O–H groups in total. The van der Waals surface area contributed by atoms with E-state index in [9.17, 15) is 0 Å². The summed E-state index contributed by atoms with van der Waals surface area (Å²) < 4.78 is 5.56. The van der Waals surface area contributed by atoms with Gasteiger partial charge in [-0.3, -0.25) is 4.90 Å². The SMILES string of the molecule is CCNC(CN(CC(C)C)C1CC1)C1CCOC1. The van der Waals surface area contributed by atoms with Gasteiger partial charge < -0.3 is 10.1 Å². The summed E-state index contributed by atoms with van der Waals surface area (Å²) in [6, 6.07) is 1.49. The number of nitrogens with one attached hydrogen (secondary N) is 1. The van der Waals surface area contributed by atoms with Crippen molar-refractivity contribution in [3.8, 4) is 0 Å².